The average molecular weight is 300 g/mol. The highest BCUT2D eigenvalue weighted by Crippen LogP contribution is 2.21. The third-order valence-electron chi connectivity index (χ3n) is 4.56. The smallest absolute Gasteiger partial charge is 0.119 e. The molecule has 2 saturated heterocycles. The van der Waals surface area contributed by atoms with Gasteiger partial charge in [0.1, 0.15) is 11.9 Å². The van der Waals surface area contributed by atoms with Crippen LogP contribution in [0.15, 0.2) is 24.3 Å². The summed E-state index contributed by atoms with van der Waals surface area (Å²) in [7, 11) is 0. The quantitative estimate of drug-likeness (QED) is 0.857. The first-order chi connectivity index (χ1) is 10.8. The molecule has 2 aliphatic rings. The van der Waals surface area contributed by atoms with Gasteiger partial charge < -0.3 is 14.4 Å². The Morgan fingerprint density at radius 2 is 1.91 bits per heavy atom. The summed E-state index contributed by atoms with van der Waals surface area (Å²) in [5.41, 5.74) is 0.676. The molecule has 3 rings (SSSR count). The van der Waals surface area contributed by atoms with E-state index < -0.39 is 0 Å². The Labute approximate surface area is 132 Å². The van der Waals surface area contributed by atoms with E-state index in [1.807, 2.05) is 24.3 Å². The van der Waals surface area contributed by atoms with Crippen LogP contribution in [0.3, 0.4) is 0 Å². The van der Waals surface area contributed by atoms with Gasteiger partial charge in [-0.1, -0.05) is 0 Å². The standard InChI is InChI=1S/C18H24N2O2/c19-13-15-4-6-16(7-5-15)22-17-8-10-20(11-9-17)14-18-3-1-2-12-21-18/h4-7,17-18H,1-3,8-12,14H2. The lowest BCUT2D eigenvalue weighted by Crippen LogP contribution is -2.43. The number of nitriles is 1. The molecule has 1 atom stereocenters. The first-order valence-electron chi connectivity index (χ1n) is 8.34. The molecule has 0 saturated carbocycles. The molecule has 1 unspecified atom stereocenters. The predicted octanol–water partition coefficient (Wildman–Crippen LogP) is 2.97. The fraction of sp³-hybridized carbons (Fsp3) is 0.611. The number of ether oxygens (including phenoxy) is 2. The van der Waals surface area contributed by atoms with Crippen LogP contribution in [-0.4, -0.2) is 43.3 Å². The molecular weight excluding hydrogens is 276 g/mol. The summed E-state index contributed by atoms with van der Waals surface area (Å²) >= 11 is 0. The van der Waals surface area contributed by atoms with Crippen molar-refractivity contribution in [2.75, 3.05) is 26.2 Å². The number of benzene rings is 1. The van der Waals surface area contributed by atoms with Gasteiger partial charge in [0, 0.05) is 26.2 Å². The largest absolute Gasteiger partial charge is 0.490 e. The summed E-state index contributed by atoms with van der Waals surface area (Å²) in [6.45, 7) is 4.17. The molecular formula is C18H24N2O2. The summed E-state index contributed by atoms with van der Waals surface area (Å²) < 4.78 is 11.9. The highest BCUT2D eigenvalue weighted by molar-refractivity contribution is 5.34. The van der Waals surface area contributed by atoms with E-state index in [4.69, 9.17) is 14.7 Å². The summed E-state index contributed by atoms with van der Waals surface area (Å²) in [6, 6.07) is 9.53. The Kier molecular flexibility index (Phi) is 5.31. The summed E-state index contributed by atoms with van der Waals surface area (Å²) in [5, 5.41) is 8.81. The second kappa shape index (κ2) is 7.62. The molecule has 118 valence electrons. The molecule has 0 aliphatic carbocycles. The lowest BCUT2D eigenvalue weighted by Gasteiger charge is -2.35. The van der Waals surface area contributed by atoms with Crippen molar-refractivity contribution in [1.29, 1.82) is 5.26 Å². The van der Waals surface area contributed by atoms with E-state index in [0.717, 1.165) is 44.8 Å². The van der Waals surface area contributed by atoms with E-state index in [1.54, 1.807) is 0 Å². The van der Waals surface area contributed by atoms with Crippen molar-refractivity contribution in [1.82, 2.24) is 4.90 Å². The van der Waals surface area contributed by atoms with Crippen LogP contribution in [0.1, 0.15) is 37.7 Å². The minimum Gasteiger partial charge on any atom is -0.490 e. The molecule has 4 heteroatoms. The van der Waals surface area contributed by atoms with Gasteiger partial charge in [0.15, 0.2) is 0 Å². The van der Waals surface area contributed by atoms with Crippen LogP contribution in [0.4, 0.5) is 0 Å². The van der Waals surface area contributed by atoms with Crippen molar-refractivity contribution in [3.63, 3.8) is 0 Å². The number of rotatable bonds is 4. The van der Waals surface area contributed by atoms with E-state index in [-0.39, 0.29) is 6.10 Å². The first kappa shape index (κ1) is 15.3. The average Bonchev–Trinajstić information content (AvgIpc) is 2.58. The maximum Gasteiger partial charge on any atom is 0.119 e. The molecule has 1 aromatic carbocycles. The highest BCUT2D eigenvalue weighted by Gasteiger charge is 2.24. The van der Waals surface area contributed by atoms with E-state index in [1.165, 1.54) is 19.3 Å². The summed E-state index contributed by atoms with van der Waals surface area (Å²) in [4.78, 5) is 2.51. The number of nitrogens with zero attached hydrogens (tertiary/aromatic N) is 2. The lowest BCUT2D eigenvalue weighted by atomic mass is 10.0. The van der Waals surface area contributed by atoms with Gasteiger partial charge in [-0.3, -0.25) is 0 Å². The molecule has 0 bridgehead atoms. The monoisotopic (exact) mass is 300 g/mol. The molecule has 0 N–H and O–H groups in total. The van der Waals surface area contributed by atoms with Gasteiger partial charge >= 0.3 is 0 Å². The van der Waals surface area contributed by atoms with Gasteiger partial charge in [0.25, 0.3) is 0 Å². The fourth-order valence-corrected chi connectivity index (χ4v) is 3.25. The van der Waals surface area contributed by atoms with Crippen molar-refractivity contribution in [3.05, 3.63) is 29.8 Å². The Bertz CT molecular complexity index is 495. The Balaban J connectivity index is 1.42. The molecule has 0 radical (unpaired) electrons. The predicted molar refractivity (Wildman–Crippen MR) is 84.8 cm³/mol. The number of hydrogen-bond donors (Lipinski definition) is 0. The topological polar surface area (TPSA) is 45.5 Å². The van der Waals surface area contributed by atoms with Crippen LogP contribution >= 0.6 is 0 Å². The van der Waals surface area contributed by atoms with Crippen LogP contribution in [0.25, 0.3) is 0 Å². The minimum absolute atomic E-state index is 0.288. The zero-order valence-electron chi connectivity index (χ0n) is 13.0. The minimum atomic E-state index is 0.288. The molecule has 0 spiro atoms. The van der Waals surface area contributed by atoms with Gasteiger partial charge in [0.05, 0.1) is 17.7 Å². The molecule has 4 nitrogen and oxygen atoms in total. The Hall–Kier alpha value is -1.57. The normalized spacial score (nSPS) is 23.9. The van der Waals surface area contributed by atoms with E-state index in [9.17, 15) is 0 Å². The van der Waals surface area contributed by atoms with Crippen molar-refractivity contribution < 1.29 is 9.47 Å². The third kappa shape index (κ3) is 4.22. The Morgan fingerprint density at radius 3 is 2.55 bits per heavy atom. The second-order valence-corrected chi connectivity index (χ2v) is 6.24. The first-order valence-corrected chi connectivity index (χ1v) is 8.34. The van der Waals surface area contributed by atoms with Gasteiger partial charge in [-0.15, -0.1) is 0 Å². The van der Waals surface area contributed by atoms with Crippen molar-refractivity contribution in [2.45, 2.75) is 44.3 Å². The van der Waals surface area contributed by atoms with Crippen LogP contribution in [0, 0.1) is 11.3 Å². The lowest BCUT2D eigenvalue weighted by molar-refractivity contribution is -0.0154. The maximum atomic E-state index is 8.81. The molecule has 2 heterocycles. The van der Waals surface area contributed by atoms with Crippen LogP contribution in [0.2, 0.25) is 0 Å². The number of piperidine rings is 1. The zero-order chi connectivity index (χ0) is 15.2. The van der Waals surface area contributed by atoms with Gasteiger partial charge in [0.2, 0.25) is 0 Å². The van der Waals surface area contributed by atoms with Gasteiger partial charge in [-0.25, -0.2) is 0 Å². The van der Waals surface area contributed by atoms with Gasteiger partial charge in [-0.05, 0) is 56.4 Å². The van der Waals surface area contributed by atoms with Crippen LogP contribution < -0.4 is 4.74 Å². The van der Waals surface area contributed by atoms with Crippen molar-refractivity contribution in [2.24, 2.45) is 0 Å². The van der Waals surface area contributed by atoms with E-state index in [0.29, 0.717) is 11.7 Å². The van der Waals surface area contributed by atoms with Crippen molar-refractivity contribution in [3.8, 4) is 11.8 Å². The fourth-order valence-electron chi connectivity index (χ4n) is 3.25. The van der Waals surface area contributed by atoms with Gasteiger partial charge in [-0.2, -0.15) is 5.26 Å². The van der Waals surface area contributed by atoms with Crippen LogP contribution in [0.5, 0.6) is 5.75 Å². The van der Waals surface area contributed by atoms with Crippen molar-refractivity contribution >= 4 is 0 Å². The summed E-state index contributed by atoms with van der Waals surface area (Å²) in [5.74, 6) is 0.869. The molecule has 0 amide bonds. The number of likely N-dealkylation sites (tertiary alicyclic amines) is 1. The molecule has 2 fully saturated rings. The molecule has 22 heavy (non-hydrogen) atoms. The van der Waals surface area contributed by atoms with Crippen LogP contribution in [-0.2, 0) is 4.74 Å². The maximum absolute atomic E-state index is 8.81. The van der Waals surface area contributed by atoms with E-state index >= 15 is 0 Å². The molecule has 2 aliphatic heterocycles. The summed E-state index contributed by atoms with van der Waals surface area (Å²) in [6.07, 6.45) is 6.59. The Morgan fingerprint density at radius 1 is 1.14 bits per heavy atom. The highest BCUT2D eigenvalue weighted by atomic mass is 16.5. The second-order valence-electron chi connectivity index (χ2n) is 6.24. The molecule has 1 aromatic rings. The zero-order valence-corrected chi connectivity index (χ0v) is 13.0. The SMILES string of the molecule is N#Cc1ccc(OC2CCN(CC3CCCCO3)CC2)cc1. The number of hydrogen-bond acceptors (Lipinski definition) is 4. The third-order valence-corrected chi connectivity index (χ3v) is 4.56. The molecule has 0 aromatic heterocycles. The van der Waals surface area contributed by atoms with E-state index in [2.05, 4.69) is 11.0 Å².